The van der Waals surface area contributed by atoms with Gasteiger partial charge in [0.05, 0.1) is 6.54 Å². The van der Waals surface area contributed by atoms with Gasteiger partial charge >= 0.3 is 5.97 Å². The Morgan fingerprint density at radius 2 is 2.09 bits per heavy atom. The lowest BCUT2D eigenvalue weighted by Gasteiger charge is -2.10. The van der Waals surface area contributed by atoms with Crippen molar-refractivity contribution in [3.05, 3.63) is 30.3 Å². The van der Waals surface area contributed by atoms with Crippen molar-refractivity contribution in [3.63, 3.8) is 0 Å². The number of carbonyl (C=O) groups excluding carboxylic acids is 1. The minimum atomic E-state index is -1.15. The number of carbonyl (C=O) groups is 2. The SMILES string of the molecule is COC(CNC(=O)Cn1nnc(-c2ccccc2)n1)C(=O)O. The zero-order valence-electron chi connectivity index (χ0n) is 11.8. The first kappa shape index (κ1) is 15.6. The Balaban J connectivity index is 1.90. The number of rotatable bonds is 7. The smallest absolute Gasteiger partial charge is 0.334 e. The van der Waals surface area contributed by atoms with Gasteiger partial charge in [-0.15, -0.1) is 10.2 Å². The molecule has 0 saturated carbocycles. The Labute approximate surface area is 125 Å². The third kappa shape index (κ3) is 4.09. The van der Waals surface area contributed by atoms with Gasteiger partial charge in [-0.1, -0.05) is 30.3 Å². The van der Waals surface area contributed by atoms with Crippen LogP contribution in [0.25, 0.3) is 11.4 Å². The molecule has 1 aromatic carbocycles. The monoisotopic (exact) mass is 305 g/mol. The minimum absolute atomic E-state index is 0.134. The third-order valence-electron chi connectivity index (χ3n) is 2.81. The minimum Gasteiger partial charge on any atom is -0.479 e. The van der Waals surface area contributed by atoms with Crippen LogP contribution in [0.4, 0.5) is 0 Å². The van der Waals surface area contributed by atoms with Crippen molar-refractivity contribution < 1.29 is 19.4 Å². The predicted molar refractivity (Wildman–Crippen MR) is 74.7 cm³/mol. The van der Waals surface area contributed by atoms with Crippen molar-refractivity contribution in [3.8, 4) is 11.4 Å². The van der Waals surface area contributed by atoms with Gasteiger partial charge in [-0.3, -0.25) is 4.79 Å². The summed E-state index contributed by atoms with van der Waals surface area (Å²) in [5.74, 6) is -1.16. The predicted octanol–water partition coefficient (Wildman–Crippen LogP) is -0.444. The fraction of sp³-hybridized carbons (Fsp3) is 0.308. The summed E-state index contributed by atoms with van der Waals surface area (Å²) in [5.41, 5.74) is 0.791. The molecular formula is C13H15N5O4. The highest BCUT2D eigenvalue weighted by molar-refractivity contribution is 5.77. The average Bonchev–Trinajstić information content (AvgIpc) is 2.97. The molecule has 1 amide bonds. The quantitative estimate of drug-likeness (QED) is 0.711. The highest BCUT2D eigenvalue weighted by atomic mass is 16.5. The standard InChI is InChI=1S/C13H15N5O4/c1-22-10(13(20)21)7-14-11(19)8-18-16-12(15-17-18)9-5-3-2-4-6-9/h2-6,10H,7-8H2,1H3,(H,14,19)(H,20,21). The van der Waals surface area contributed by atoms with Crippen LogP contribution in [0.5, 0.6) is 0 Å². The topological polar surface area (TPSA) is 119 Å². The molecule has 0 bridgehead atoms. The molecule has 1 unspecified atom stereocenters. The van der Waals surface area contributed by atoms with Gasteiger partial charge in [0.15, 0.2) is 6.10 Å². The van der Waals surface area contributed by atoms with E-state index in [1.165, 1.54) is 7.11 Å². The van der Waals surface area contributed by atoms with Crippen molar-refractivity contribution in [1.29, 1.82) is 0 Å². The summed E-state index contributed by atoms with van der Waals surface area (Å²) < 4.78 is 4.71. The fourth-order valence-corrected chi connectivity index (χ4v) is 1.68. The van der Waals surface area contributed by atoms with Gasteiger partial charge < -0.3 is 15.2 Å². The number of aromatic nitrogens is 4. The second kappa shape index (κ2) is 7.27. The number of aliphatic carboxylic acids is 1. The normalized spacial score (nSPS) is 11.9. The van der Waals surface area contributed by atoms with Crippen molar-refractivity contribution in [2.75, 3.05) is 13.7 Å². The van der Waals surface area contributed by atoms with Crippen LogP contribution < -0.4 is 5.32 Å². The summed E-state index contributed by atoms with van der Waals surface area (Å²) in [6.45, 7) is -0.291. The Kier molecular flexibility index (Phi) is 5.15. The molecule has 0 aliphatic carbocycles. The molecule has 9 nitrogen and oxygen atoms in total. The van der Waals surface area contributed by atoms with E-state index in [4.69, 9.17) is 9.84 Å². The summed E-state index contributed by atoms with van der Waals surface area (Å²) in [7, 11) is 1.26. The molecule has 116 valence electrons. The van der Waals surface area contributed by atoms with E-state index in [9.17, 15) is 9.59 Å². The van der Waals surface area contributed by atoms with Crippen LogP contribution in [0.1, 0.15) is 0 Å². The molecule has 2 aromatic rings. The largest absolute Gasteiger partial charge is 0.479 e. The van der Waals surface area contributed by atoms with Gasteiger partial charge in [0.25, 0.3) is 0 Å². The average molecular weight is 305 g/mol. The van der Waals surface area contributed by atoms with Crippen molar-refractivity contribution in [2.45, 2.75) is 12.6 Å². The van der Waals surface area contributed by atoms with E-state index in [1.54, 1.807) is 0 Å². The first-order valence-corrected chi connectivity index (χ1v) is 6.45. The highest BCUT2D eigenvalue weighted by Gasteiger charge is 2.17. The molecule has 9 heteroatoms. The van der Waals surface area contributed by atoms with Crippen LogP contribution in [0.15, 0.2) is 30.3 Å². The number of hydrogen-bond donors (Lipinski definition) is 2. The molecule has 0 radical (unpaired) electrons. The van der Waals surface area contributed by atoms with E-state index < -0.39 is 18.0 Å². The number of amides is 1. The Bertz CT molecular complexity index is 643. The van der Waals surface area contributed by atoms with E-state index in [1.807, 2.05) is 30.3 Å². The number of benzene rings is 1. The zero-order valence-corrected chi connectivity index (χ0v) is 11.8. The summed E-state index contributed by atoms with van der Waals surface area (Å²) in [4.78, 5) is 23.6. The number of nitrogens with one attached hydrogen (secondary N) is 1. The highest BCUT2D eigenvalue weighted by Crippen LogP contribution is 2.11. The third-order valence-corrected chi connectivity index (χ3v) is 2.81. The number of carboxylic acids is 1. The molecule has 0 spiro atoms. The lowest BCUT2D eigenvalue weighted by molar-refractivity contribution is -0.148. The maximum atomic E-state index is 11.7. The zero-order chi connectivity index (χ0) is 15.9. The molecule has 22 heavy (non-hydrogen) atoms. The van der Waals surface area contributed by atoms with E-state index in [-0.39, 0.29) is 13.1 Å². The van der Waals surface area contributed by atoms with Crippen LogP contribution >= 0.6 is 0 Å². The van der Waals surface area contributed by atoms with Crippen LogP contribution in [0.3, 0.4) is 0 Å². The first-order valence-electron chi connectivity index (χ1n) is 6.45. The van der Waals surface area contributed by atoms with Crippen LogP contribution in [0, 0.1) is 0 Å². The number of nitrogens with zero attached hydrogens (tertiary/aromatic N) is 4. The van der Waals surface area contributed by atoms with E-state index in [0.717, 1.165) is 10.4 Å². The second-order valence-corrected chi connectivity index (χ2v) is 4.38. The maximum absolute atomic E-state index is 11.7. The van der Waals surface area contributed by atoms with Gasteiger partial charge in [0, 0.05) is 12.7 Å². The fourth-order valence-electron chi connectivity index (χ4n) is 1.68. The molecule has 0 fully saturated rings. The number of ether oxygens (including phenoxy) is 1. The lowest BCUT2D eigenvalue weighted by atomic mass is 10.2. The molecule has 2 N–H and O–H groups in total. The van der Waals surface area contributed by atoms with Gasteiger partial charge in [0.1, 0.15) is 6.54 Å². The molecule has 0 aliphatic heterocycles. The molecule has 2 rings (SSSR count). The van der Waals surface area contributed by atoms with Crippen molar-refractivity contribution in [2.24, 2.45) is 0 Å². The second-order valence-electron chi connectivity index (χ2n) is 4.38. The van der Waals surface area contributed by atoms with Crippen molar-refractivity contribution in [1.82, 2.24) is 25.5 Å². The molecule has 1 aromatic heterocycles. The Morgan fingerprint density at radius 1 is 1.36 bits per heavy atom. The number of hydrogen-bond acceptors (Lipinski definition) is 6. The summed E-state index contributed by atoms with van der Waals surface area (Å²) in [6, 6.07) is 9.23. The van der Waals surface area contributed by atoms with Crippen LogP contribution in [-0.4, -0.2) is 56.9 Å². The summed E-state index contributed by atoms with van der Waals surface area (Å²) in [6.07, 6.45) is -1.09. The summed E-state index contributed by atoms with van der Waals surface area (Å²) >= 11 is 0. The van der Waals surface area contributed by atoms with Crippen LogP contribution in [-0.2, 0) is 20.9 Å². The number of tetrazole rings is 1. The molecule has 1 atom stereocenters. The molecule has 0 aliphatic rings. The van der Waals surface area contributed by atoms with E-state index >= 15 is 0 Å². The molecule has 1 heterocycles. The van der Waals surface area contributed by atoms with Crippen molar-refractivity contribution >= 4 is 11.9 Å². The molecular weight excluding hydrogens is 290 g/mol. The number of carboxylic acid groups (broad SMARTS) is 1. The van der Waals surface area contributed by atoms with Gasteiger partial charge in [-0.25, -0.2) is 4.79 Å². The van der Waals surface area contributed by atoms with Crippen LogP contribution in [0.2, 0.25) is 0 Å². The lowest BCUT2D eigenvalue weighted by Crippen LogP contribution is -2.39. The number of methoxy groups -OCH3 is 1. The first-order chi connectivity index (χ1) is 10.6. The van der Waals surface area contributed by atoms with Gasteiger partial charge in [-0.2, -0.15) is 4.80 Å². The molecule has 0 saturated heterocycles. The Morgan fingerprint density at radius 3 is 2.73 bits per heavy atom. The maximum Gasteiger partial charge on any atom is 0.334 e. The van der Waals surface area contributed by atoms with Gasteiger partial charge in [-0.05, 0) is 5.21 Å². The van der Waals surface area contributed by atoms with E-state index in [0.29, 0.717) is 5.82 Å². The van der Waals surface area contributed by atoms with E-state index in [2.05, 4.69) is 20.7 Å². The summed E-state index contributed by atoms with van der Waals surface area (Å²) in [5, 5.41) is 23.0. The van der Waals surface area contributed by atoms with Gasteiger partial charge in [0.2, 0.25) is 11.7 Å². The Hall–Kier alpha value is -2.81.